The lowest BCUT2D eigenvalue weighted by atomic mass is 10.3. The number of aryl methyl sites for hydroxylation is 1. The van der Waals surface area contributed by atoms with Crippen LogP contribution < -0.4 is 0 Å². The molecule has 0 aliphatic carbocycles. The van der Waals surface area contributed by atoms with Crippen molar-refractivity contribution in [2.45, 2.75) is 19.8 Å². The third-order valence-electron chi connectivity index (χ3n) is 3.28. The van der Waals surface area contributed by atoms with E-state index >= 15 is 0 Å². The van der Waals surface area contributed by atoms with E-state index in [0.29, 0.717) is 0 Å². The fourth-order valence-electron chi connectivity index (χ4n) is 2.01. The van der Waals surface area contributed by atoms with Crippen LogP contribution in [-0.4, -0.2) is 56.1 Å². The Hall–Kier alpha value is -3.53. The summed E-state index contributed by atoms with van der Waals surface area (Å²) in [7, 11) is 0. The Balaban J connectivity index is 1.99. The van der Waals surface area contributed by atoms with Crippen LogP contribution >= 0.6 is 0 Å². The second-order valence-electron chi connectivity index (χ2n) is 5.01. The summed E-state index contributed by atoms with van der Waals surface area (Å²) < 4.78 is 6.33. The molecule has 0 aliphatic heterocycles. The quantitative estimate of drug-likeness (QED) is 0.653. The molecule has 0 saturated heterocycles. The van der Waals surface area contributed by atoms with E-state index in [0.717, 1.165) is 5.69 Å². The molecular weight excluding hydrogens is 326 g/mol. The third kappa shape index (κ3) is 4.48. The van der Waals surface area contributed by atoms with E-state index in [9.17, 15) is 9.59 Å². The molecule has 0 N–H and O–H groups in total. The minimum absolute atomic E-state index is 0.129. The highest BCUT2D eigenvalue weighted by Gasteiger charge is 2.19. The minimum Gasteiger partial charge on any atom is -0.450 e. The number of carbonyl (C=O) groups is 2. The first-order valence-electron chi connectivity index (χ1n) is 7.44. The maximum Gasteiger partial charge on any atom is 0.378 e. The summed E-state index contributed by atoms with van der Waals surface area (Å²) in [6, 6.07) is 5.56. The monoisotopic (exact) mass is 341 g/mol. The zero-order chi connectivity index (χ0) is 18.2. The zero-order valence-corrected chi connectivity index (χ0v) is 13.5. The largest absolute Gasteiger partial charge is 0.450 e. The number of esters is 1. The van der Waals surface area contributed by atoms with Gasteiger partial charge in [0.25, 0.3) is 17.5 Å². The minimum atomic E-state index is -0.848. The second-order valence-corrected chi connectivity index (χ2v) is 5.01. The van der Waals surface area contributed by atoms with Gasteiger partial charge in [-0.3, -0.25) is 4.79 Å². The predicted octanol–water partition coefficient (Wildman–Crippen LogP) is 0.245. The molecule has 0 atom stereocenters. The standard InChI is InChI=1S/C15H15N7O3/c1-11-4-7-18-15-19-13(20-22(11)15)14(24)25-10-12(23)21(8-2-5-16)9-3-6-17/h4,7H,2-3,8-10H2,1H3. The number of hydrogen-bond acceptors (Lipinski definition) is 8. The maximum absolute atomic E-state index is 12.1. The Kier molecular flexibility index (Phi) is 5.96. The maximum atomic E-state index is 12.1. The van der Waals surface area contributed by atoms with Crippen LogP contribution in [0.4, 0.5) is 0 Å². The summed E-state index contributed by atoms with van der Waals surface area (Å²) in [6.07, 6.45) is 1.80. The van der Waals surface area contributed by atoms with E-state index in [2.05, 4.69) is 15.1 Å². The molecule has 2 aromatic rings. The molecule has 0 spiro atoms. The van der Waals surface area contributed by atoms with Crippen molar-refractivity contribution in [1.29, 1.82) is 10.5 Å². The SMILES string of the molecule is Cc1ccnc2nc(C(=O)OCC(=O)N(CCC#N)CCC#N)nn12. The number of rotatable bonds is 7. The highest BCUT2D eigenvalue weighted by atomic mass is 16.5. The van der Waals surface area contributed by atoms with Crippen LogP contribution in [0.1, 0.15) is 29.2 Å². The van der Waals surface area contributed by atoms with Crippen molar-refractivity contribution in [3.63, 3.8) is 0 Å². The van der Waals surface area contributed by atoms with E-state index in [1.165, 1.54) is 9.42 Å². The van der Waals surface area contributed by atoms with Gasteiger partial charge in [0.1, 0.15) is 0 Å². The molecule has 0 bridgehead atoms. The van der Waals surface area contributed by atoms with E-state index in [1.54, 1.807) is 19.2 Å². The normalized spacial score (nSPS) is 10.0. The number of fused-ring (bicyclic) bond motifs is 1. The lowest BCUT2D eigenvalue weighted by Crippen LogP contribution is -2.36. The van der Waals surface area contributed by atoms with E-state index in [4.69, 9.17) is 15.3 Å². The molecule has 128 valence electrons. The van der Waals surface area contributed by atoms with Gasteiger partial charge in [-0.05, 0) is 13.0 Å². The Morgan fingerprint density at radius 3 is 2.56 bits per heavy atom. The third-order valence-corrected chi connectivity index (χ3v) is 3.28. The average Bonchev–Trinajstić information content (AvgIpc) is 3.05. The molecule has 0 radical (unpaired) electrons. The lowest BCUT2D eigenvalue weighted by Gasteiger charge is -2.19. The summed E-state index contributed by atoms with van der Waals surface area (Å²) in [5, 5.41) is 21.2. The van der Waals surface area contributed by atoms with Crippen LogP contribution in [0.3, 0.4) is 0 Å². The number of amides is 1. The van der Waals surface area contributed by atoms with Gasteiger partial charge in [-0.15, -0.1) is 5.10 Å². The van der Waals surface area contributed by atoms with Crippen molar-refractivity contribution < 1.29 is 14.3 Å². The van der Waals surface area contributed by atoms with Crippen molar-refractivity contribution in [3.05, 3.63) is 23.8 Å². The van der Waals surface area contributed by atoms with Gasteiger partial charge < -0.3 is 9.64 Å². The number of carbonyl (C=O) groups excluding carboxylic acids is 2. The Bertz CT molecular complexity index is 844. The average molecular weight is 341 g/mol. The molecule has 0 aliphatic rings. The molecule has 0 aromatic carbocycles. The van der Waals surface area contributed by atoms with E-state index < -0.39 is 18.5 Å². The number of nitrogens with zero attached hydrogens (tertiary/aromatic N) is 7. The van der Waals surface area contributed by atoms with Crippen LogP contribution in [0.2, 0.25) is 0 Å². The lowest BCUT2D eigenvalue weighted by molar-refractivity contribution is -0.134. The highest BCUT2D eigenvalue weighted by molar-refractivity contribution is 5.88. The smallest absolute Gasteiger partial charge is 0.378 e. The zero-order valence-electron chi connectivity index (χ0n) is 13.5. The van der Waals surface area contributed by atoms with Crippen LogP contribution in [0.5, 0.6) is 0 Å². The topological polar surface area (TPSA) is 137 Å². The van der Waals surface area contributed by atoms with Gasteiger partial charge in [-0.25, -0.2) is 14.3 Å². The second kappa shape index (κ2) is 8.36. The number of nitriles is 2. The van der Waals surface area contributed by atoms with Crippen molar-refractivity contribution >= 4 is 17.7 Å². The van der Waals surface area contributed by atoms with Crippen LogP contribution in [-0.2, 0) is 9.53 Å². The van der Waals surface area contributed by atoms with E-state index in [-0.39, 0.29) is 37.5 Å². The molecular formula is C15H15N7O3. The molecule has 0 saturated carbocycles. The Morgan fingerprint density at radius 2 is 1.96 bits per heavy atom. The van der Waals surface area contributed by atoms with E-state index in [1.807, 2.05) is 12.1 Å². The van der Waals surface area contributed by atoms with Crippen LogP contribution in [0.15, 0.2) is 12.3 Å². The van der Waals surface area contributed by atoms with Gasteiger partial charge >= 0.3 is 5.97 Å². The van der Waals surface area contributed by atoms with Gasteiger partial charge in [-0.2, -0.15) is 15.5 Å². The Morgan fingerprint density at radius 1 is 1.28 bits per heavy atom. The molecule has 1 amide bonds. The first-order valence-corrected chi connectivity index (χ1v) is 7.44. The van der Waals surface area contributed by atoms with Crippen molar-refractivity contribution in [2.75, 3.05) is 19.7 Å². The molecule has 10 nitrogen and oxygen atoms in total. The van der Waals surface area contributed by atoms with Gasteiger partial charge in [0.05, 0.1) is 25.0 Å². The summed E-state index contributed by atoms with van der Waals surface area (Å²) in [5.41, 5.74) is 0.742. The molecule has 2 rings (SSSR count). The van der Waals surface area contributed by atoms with Crippen molar-refractivity contribution in [1.82, 2.24) is 24.5 Å². The molecule has 10 heteroatoms. The van der Waals surface area contributed by atoms with Gasteiger partial charge in [-0.1, -0.05) is 0 Å². The molecule has 0 unspecified atom stereocenters. The fraction of sp³-hybridized carbons (Fsp3) is 0.400. The van der Waals surface area contributed by atoms with Crippen molar-refractivity contribution in [2.24, 2.45) is 0 Å². The number of ether oxygens (including phenoxy) is 1. The number of hydrogen-bond donors (Lipinski definition) is 0. The first kappa shape index (κ1) is 17.8. The molecule has 25 heavy (non-hydrogen) atoms. The van der Waals surface area contributed by atoms with Gasteiger partial charge in [0.15, 0.2) is 6.61 Å². The molecule has 2 heterocycles. The predicted molar refractivity (Wildman–Crippen MR) is 82.8 cm³/mol. The Labute approximate surface area is 143 Å². The summed E-state index contributed by atoms with van der Waals surface area (Å²) in [4.78, 5) is 33.3. The fourth-order valence-corrected chi connectivity index (χ4v) is 2.01. The summed E-state index contributed by atoms with van der Waals surface area (Å²) in [6.45, 7) is 1.61. The summed E-state index contributed by atoms with van der Waals surface area (Å²) in [5.74, 6) is -1.28. The first-order chi connectivity index (χ1) is 12.1. The number of aromatic nitrogens is 4. The van der Waals surface area contributed by atoms with Gasteiger partial charge in [0, 0.05) is 25.0 Å². The highest BCUT2D eigenvalue weighted by Crippen LogP contribution is 2.04. The van der Waals surface area contributed by atoms with Crippen LogP contribution in [0, 0.1) is 29.6 Å². The summed E-state index contributed by atoms with van der Waals surface area (Å²) >= 11 is 0. The van der Waals surface area contributed by atoms with Gasteiger partial charge in [0.2, 0.25) is 0 Å². The molecule has 2 aromatic heterocycles. The van der Waals surface area contributed by atoms with Crippen LogP contribution in [0.25, 0.3) is 5.78 Å². The molecule has 0 fully saturated rings. The van der Waals surface area contributed by atoms with Crippen molar-refractivity contribution in [3.8, 4) is 12.1 Å².